The van der Waals surface area contributed by atoms with E-state index in [-0.39, 0.29) is 11.4 Å². The molecule has 0 saturated carbocycles. The average Bonchev–Trinajstić information content (AvgIpc) is 3.28. The fraction of sp³-hybridized carbons (Fsp3) is 0.276. The number of nitrogens with zero attached hydrogens (tertiary/aromatic N) is 3. The van der Waals surface area contributed by atoms with Crippen molar-refractivity contribution in [1.29, 1.82) is 0 Å². The van der Waals surface area contributed by atoms with E-state index in [0.29, 0.717) is 17.8 Å². The number of amides is 2. The lowest BCUT2D eigenvalue weighted by atomic mass is 9.70. The van der Waals surface area contributed by atoms with E-state index in [4.69, 9.17) is 4.98 Å². The molecule has 0 aliphatic heterocycles. The molecule has 0 radical (unpaired) electrons. The number of aryl methyl sites for hydroxylation is 2. The summed E-state index contributed by atoms with van der Waals surface area (Å²) in [6.07, 6.45) is 3.58. The minimum atomic E-state index is -0.693. The van der Waals surface area contributed by atoms with Crippen molar-refractivity contribution in [1.82, 2.24) is 20.1 Å². The van der Waals surface area contributed by atoms with Crippen LogP contribution in [0.25, 0.3) is 22.5 Å². The molecular formula is C29H31N5O2. The van der Waals surface area contributed by atoms with Gasteiger partial charge in [0.15, 0.2) is 0 Å². The van der Waals surface area contributed by atoms with Gasteiger partial charge < -0.3 is 15.7 Å². The fourth-order valence-corrected chi connectivity index (χ4v) is 5.18. The Hall–Kier alpha value is -3.97. The largest absolute Gasteiger partial charge is 0.391 e. The maximum absolute atomic E-state index is 13.3. The topological polar surface area (TPSA) is 92.1 Å². The van der Waals surface area contributed by atoms with Crippen molar-refractivity contribution in [2.24, 2.45) is 7.05 Å². The van der Waals surface area contributed by atoms with Crippen LogP contribution in [0.5, 0.6) is 0 Å². The van der Waals surface area contributed by atoms with Gasteiger partial charge in [0.05, 0.1) is 35.4 Å². The summed E-state index contributed by atoms with van der Waals surface area (Å²) in [5.74, 6) is 0. The Morgan fingerprint density at radius 2 is 1.78 bits per heavy atom. The lowest BCUT2D eigenvalue weighted by molar-refractivity contribution is 0.0883. The summed E-state index contributed by atoms with van der Waals surface area (Å²) in [5, 5.41) is 21.3. The van der Waals surface area contributed by atoms with E-state index in [0.717, 1.165) is 33.5 Å². The second kappa shape index (κ2) is 9.24. The highest BCUT2D eigenvalue weighted by Gasteiger charge is 2.39. The zero-order valence-electron chi connectivity index (χ0n) is 21.0. The Labute approximate surface area is 211 Å². The number of benzene rings is 2. The van der Waals surface area contributed by atoms with Crippen molar-refractivity contribution in [3.05, 3.63) is 89.7 Å². The number of aliphatic hydroxyl groups is 1. The molecule has 0 fully saturated rings. The first-order valence-corrected chi connectivity index (χ1v) is 12.1. The number of carbonyl (C=O) groups excluding carboxylic acids is 1. The molecule has 0 bridgehead atoms. The van der Waals surface area contributed by atoms with Gasteiger partial charge in [0.1, 0.15) is 0 Å². The normalized spacial score (nSPS) is 18.4. The molecule has 36 heavy (non-hydrogen) atoms. The maximum Gasteiger partial charge on any atom is 0.319 e. The van der Waals surface area contributed by atoms with Gasteiger partial charge in [-0.1, -0.05) is 68.4 Å². The predicted octanol–water partition coefficient (Wildman–Crippen LogP) is 5.36. The molecular weight excluding hydrogens is 450 g/mol. The molecule has 2 heterocycles. The van der Waals surface area contributed by atoms with Crippen LogP contribution in [-0.4, -0.2) is 32.0 Å². The number of fused-ring (bicyclic) bond motifs is 1. The first-order chi connectivity index (χ1) is 17.2. The third-order valence-electron chi connectivity index (χ3n) is 6.90. The fourth-order valence-electron chi connectivity index (χ4n) is 5.18. The standard InChI is InChI=1S/C29H31N5O2/c1-18-14-23(26(19-10-6-5-7-11-19)32-25(18)20-16-30-34(4)17-20)31-28(36)33-27-21-12-8-9-13-22(21)29(2,3)15-24(27)35/h5-14,16-17,24,27,35H,15H2,1-4H3,(H2,31,33,36)/t24-,27-/m1/s1. The first-order valence-electron chi connectivity index (χ1n) is 12.1. The van der Waals surface area contributed by atoms with Gasteiger partial charge in [-0.15, -0.1) is 0 Å². The van der Waals surface area contributed by atoms with Crippen molar-refractivity contribution in [3.63, 3.8) is 0 Å². The molecule has 0 unspecified atom stereocenters. The lowest BCUT2D eigenvalue weighted by Gasteiger charge is -2.40. The Morgan fingerprint density at radius 3 is 2.50 bits per heavy atom. The van der Waals surface area contributed by atoms with E-state index in [1.165, 1.54) is 0 Å². The van der Waals surface area contributed by atoms with E-state index in [1.807, 2.05) is 74.8 Å². The van der Waals surface area contributed by atoms with Gasteiger partial charge >= 0.3 is 6.03 Å². The van der Waals surface area contributed by atoms with Gasteiger partial charge in [-0.3, -0.25) is 4.68 Å². The molecule has 1 aliphatic carbocycles. The molecule has 7 heteroatoms. The van der Waals surface area contributed by atoms with Crippen LogP contribution in [0.2, 0.25) is 0 Å². The molecule has 1 aliphatic rings. The molecule has 4 aromatic rings. The van der Waals surface area contributed by atoms with E-state index in [2.05, 4.69) is 35.6 Å². The molecule has 3 N–H and O–H groups in total. The van der Waals surface area contributed by atoms with Crippen molar-refractivity contribution in [2.45, 2.75) is 44.8 Å². The van der Waals surface area contributed by atoms with Crippen LogP contribution in [0.1, 0.15) is 43.0 Å². The van der Waals surface area contributed by atoms with E-state index in [1.54, 1.807) is 10.9 Å². The Balaban J connectivity index is 1.48. The summed E-state index contributed by atoms with van der Waals surface area (Å²) < 4.78 is 1.74. The molecule has 2 aromatic carbocycles. The third kappa shape index (κ3) is 4.50. The number of anilines is 1. The van der Waals surface area contributed by atoms with Crippen LogP contribution >= 0.6 is 0 Å². The molecule has 5 rings (SSSR count). The zero-order valence-corrected chi connectivity index (χ0v) is 21.0. The molecule has 184 valence electrons. The van der Waals surface area contributed by atoms with E-state index >= 15 is 0 Å². The minimum Gasteiger partial charge on any atom is -0.391 e. The van der Waals surface area contributed by atoms with Crippen LogP contribution in [0.3, 0.4) is 0 Å². The Kier molecular flexibility index (Phi) is 6.10. The second-order valence-corrected chi connectivity index (χ2v) is 10.1. The van der Waals surface area contributed by atoms with Crippen LogP contribution in [0.15, 0.2) is 73.1 Å². The maximum atomic E-state index is 13.3. The van der Waals surface area contributed by atoms with Crippen molar-refractivity contribution in [3.8, 4) is 22.5 Å². The quantitative estimate of drug-likeness (QED) is 0.366. The summed E-state index contributed by atoms with van der Waals surface area (Å²) in [6.45, 7) is 6.21. The summed E-state index contributed by atoms with van der Waals surface area (Å²) in [4.78, 5) is 18.2. The van der Waals surface area contributed by atoms with Crippen LogP contribution in [0, 0.1) is 6.92 Å². The summed E-state index contributed by atoms with van der Waals surface area (Å²) >= 11 is 0. The van der Waals surface area contributed by atoms with Crippen LogP contribution in [0.4, 0.5) is 10.5 Å². The predicted molar refractivity (Wildman–Crippen MR) is 142 cm³/mol. The highest BCUT2D eigenvalue weighted by molar-refractivity contribution is 5.94. The number of hydrogen-bond donors (Lipinski definition) is 3. The smallest absolute Gasteiger partial charge is 0.319 e. The Morgan fingerprint density at radius 1 is 1.06 bits per heavy atom. The summed E-state index contributed by atoms with van der Waals surface area (Å²) in [6, 6.07) is 18.8. The number of rotatable bonds is 4. The molecule has 0 saturated heterocycles. The third-order valence-corrected chi connectivity index (χ3v) is 6.90. The molecule has 2 amide bonds. The number of nitrogens with one attached hydrogen (secondary N) is 2. The monoisotopic (exact) mass is 481 g/mol. The molecule has 2 atom stereocenters. The second-order valence-electron chi connectivity index (χ2n) is 10.1. The first kappa shape index (κ1) is 23.8. The van der Waals surface area contributed by atoms with Crippen LogP contribution < -0.4 is 10.6 Å². The highest BCUT2D eigenvalue weighted by atomic mass is 16.3. The number of urea groups is 1. The molecule has 7 nitrogen and oxygen atoms in total. The highest BCUT2D eigenvalue weighted by Crippen LogP contribution is 2.41. The number of carbonyl (C=O) groups is 1. The van der Waals surface area contributed by atoms with E-state index < -0.39 is 12.1 Å². The summed E-state index contributed by atoms with van der Waals surface area (Å²) in [5.41, 5.74) is 6.72. The molecule has 0 spiro atoms. The van der Waals surface area contributed by atoms with Crippen molar-refractivity contribution < 1.29 is 9.90 Å². The zero-order chi connectivity index (χ0) is 25.4. The van der Waals surface area contributed by atoms with Gasteiger partial charge in [0.25, 0.3) is 0 Å². The minimum absolute atomic E-state index is 0.172. The molecule has 2 aromatic heterocycles. The number of aliphatic hydroxyl groups excluding tert-OH is 1. The van der Waals surface area contributed by atoms with Crippen LogP contribution in [-0.2, 0) is 12.5 Å². The van der Waals surface area contributed by atoms with Crippen molar-refractivity contribution in [2.75, 3.05) is 5.32 Å². The summed E-state index contributed by atoms with van der Waals surface area (Å²) in [7, 11) is 1.87. The van der Waals surface area contributed by atoms with Gasteiger partial charge in [-0.2, -0.15) is 5.10 Å². The Bertz CT molecular complexity index is 1410. The van der Waals surface area contributed by atoms with Gasteiger partial charge in [-0.25, -0.2) is 9.78 Å². The van der Waals surface area contributed by atoms with Crippen molar-refractivity contribution >= 4 is 11.7 Å². The average molecular weight is 482 g/mol. The SMILES string of the molecule is Cc1cc(NC(=O)N[C@@H]2c3ccccc3C(C)(C)C[C@H]2O)c(-c2ccccc2)nc1-c1cnn(C)c1. The van der Waals surface area contributed by atoms with Gasteiger partial charge in [0, 0.05) is 24.4 Å². The number of pyridine rings is 1. The van der Waals surface area contributed by atoms with Gasteiger partial charge in [0.2, 0.25) is 0 Å². The van der Waals surface area contributed by atoms with E-state index in [9.17, 15) is 9.90 Å². The van der Waals surface area contributed by atoms with Gasteiger partial charge in [-0.05, 0) is 41.5 Å². The lowest BCUT2D eigenvalue weighted by Crippen LogP contribution is -2.45. The number of aromatic nitrogens is 3. The number of hydrogen-bond acceptors (Lipinski definition) is 4.